The summed E-state index contributed by atoms with van der Waals surface area (Å²) in [5.41, 5.74) is 11.0. The predicted molar refractivity (Wildman–Crippen MR) is 56.7 cm³/mol. The molecule has 0 saturated carbocycles. The molecule has 0 aromatic rings. The van der Waals surface area contributed by atoms with Crippen LogP contribution in [0.4, 0.5) is 0 Å². The third-order valence-corrected chi connectivity index (χ3v) is 3.11. The van der Waals surface area contributed by atoms with Gasteiger partial charge in [-0.3, -0.25) is 9.69 Å². The van der Waals surface area contributed by atoms with Gasteiger partial charge < -0.3 is 11.5 Å². The van der Waals surface area contributed by atoms with Crippen molar-refractivity contribution in [3.8, 4) is 0 Å². The van der Waals surface area contributed by atoms with E-state index in [9.17, 15) is 4.79 Å². The van der Waals surface area contributed by atoms with Crippen LogP contribution in [0.15, 0.2) is 0 Å². The first-order chi connectivity index (χ1) is 6.49. The van der Waals surface area contributed by atoms with Crippen LogP contribution in [0.3, 0.4) is 0 Å². The summed E-state index contributed by atoms with van der Waals surface area (Å²) >= 11 is 0. The zero-order valence-corrected chi connectivity index (χ0v) is 9.12. The number of carbonyl (C=O) groups excluding carboxylic acids is 1. The molecule has 0 radical (unpaired) electrons. The van der Waals surface area contributed by atoms with E-state index in [1.807, 2.05) is 0 Å². The maximum Gasteiger partial charge on any atom is 0.234 e. The summed E-state index contributed by atoms with van der Waals surface area (Å²) in [7, 11) is 0. The molecular weight excluding hydrogens is 178 g/mol. The molecule has 0 aromatic heterocycles. The van der Waals surface area contributed by atoms with Crippen molar-refractivity contribution in [2.45, 2.75) is 44.7 Å². The quantitative estimate of drug-likeness (QED) is 0.675. The van der Waals surface area contributed by atoms with Crippen molar-refractivity contribution in [2.24, 2.45) is 11.5 Å². The summed E-state index contributed by atoms with van der Waals surface area (Å²) in [6.07, 6.45) is 3.09. The highest BCUT2D eigenvalue weighted by molar-refractivity contribution is 5.80. The highest BCUT2D eigenvalue weighted by Crippen LogP contribution is 2.24. The van der Waals surface area contributed by atoms with Crippen molar-refractivity contribution in [1.29, 1.82) is 0 Å². The minimum atomic E-state index is -0.216. The number of hydrogen-bond donors (Lipinski definition) is 2. The normalized spacial score (nSPS) is 24.9. The minimum absolute atomic E-state index is 0.123. The first-order valence-corrected chi connectivity index (χ1v) is 5.25. The lowest BCUT2D eigenvalue weighted by Crippen LogP contribution is -2.59. The number of carbonyl (C=O) groups is 1. The van der Waals surface area contributed by atoms with Crippen LogP contribution >= 0.6 is 0 Å². The summed E-state index contributed by atoms with van der Waals surface area (Å²) in [4.78, 5) is 13.4. The van der Waals surface area contributed by atoms with Gasteiger partial charge in [0.05, 0.1) is 6.04 Å². The van der Waals surface area contributed by atoms with Gasteiger partial charge in [-0.1, -0.05) is 6.42 Å². The molecule has 4 N–H and O–H groups in total. The van der Waals surface area contributed by atoms with Gasteiger partial charge in [0.1, 0.15) is 0 Å². The molecule has 82 valence electrons. The Bertz CT molecular complexity index is 215. The third kappa shape index (κ3) is 2.25. The van der Waals surface area contributed by atoms with E-state index in [4.69, 9.17) is 11.5 Å². The van der Waals surface area contributed by atoms with Gasteiger partial charge in [0.25, 0.3) is 0 Å². The number of primary amides is 1. The van der Waals surface area contributed by atoms with Gasteiger partial charge in [-0.25, -0.2) is 0 Å². The molecule has 4 nitrogen and oxygen atoms in total. The Morgan fingerprint density at radius 1 is 1.50 bits per heavy atom. The molecule has 0 bridgehead atoms. The molecule has 0 aliphatic carbocycles. The van der Waals surface area contributed by atoms with Crippen molar-refractivity contribution in [3.05, 3.63) is 0 Å². The van der Waals surface area contributed by atoms with Gasteiger partial charge in [-0.2, -0.15) is 0 Å². The number of hydrogen-bond acceptors (Lipinski definition) is 3. The van der Waals surface area contributed by atoms with Crippen LogP contribution in [0.5, 0.6) is 0 Å². The van der Waals surface area contributed by atoms with E-state index in [2.05, 4.69) is 18.7 Å². The van der Waals surface area contributed by atoms with Crippen molar-refractivity contribution in [2.75, 3.05) is 13.1 Å². The van der Waals surface area contributed by atoms with Crippen molar-refractivity contribution >= 4 is 5.91 Å². The minimum Gasteiger partial charge on any atom is -0.368 e. The summed E-state index contributed by atoms with van der Waals surface area (Å²) in [5, 5.41) is 0. The molecule has 1 aliphatic heterocycles. The van der Waals surface area contributed by atoms with Crippen molar-refractivity contribution < 1.29 is 4.79 Å². The second kappa shape index (κ2) is 4.28. The molecule has 14 heavy (non-hydrogen) atoms. The highest BCUT2D eigenvalue weighted by atomic mass is 16.1. The van der Waals surface area contributed by atoms with Gasteiger partial charge in [-0.15, -0.1) is 0 Å². The second-order valence-electron chi connectivity index (χ2n) is 4.62. The molecule has 1 unspecified atom stereocenters. The highest BCUT2D eigenvalue weighted by Gasteiger charge is 2.35. The number of rotatable bonds is 3. The molecule has 1 saturated heterocycles. The van der Waals surface area contributed by atoms with Crippen LogP contribution in [-0.2, 0) is 4.79 Å². The summed E-state index contributed by atoms with van der Waals surface area (Å²) in [6.45, 7) is 5.61. The standard InChI is InChI=1S/C10H21N3O/c1-10(2,7-11)13-6-4-3-5-8(13)9(12)14/h8H,3-7,11H2,1-2H3,(H2,12,14). The summed E-state index contributed by atoms with van der Waals surface area (Å²) < 4.78 is 0. The maximum atomic E-state index is 11.3. The summed E-state index contributed by atoms with van der Waals surface area (Å²) in [6, 6.07) is -0.123. The third-order valence-electron chi connectivity index (χ3n) is 3.11. The molecule has 1 aliphatic rings. The lowest BCUT2D eigenvalue weighted by atomic mass is 9.93. The first-order valence-electron chi connectivity index (χ1n) is 5.25. The lowest BCUT2D eigenvalue weighted by molar-refractivity contribution is -0.127. The van der Waals surface area contributed by atoms with E-state index in [-0.39, 0.29) is 17.5 Å². The SMILES string of the molecule is CC(C)(CN)N1CCCCC1C(N)=O. The van der Waals surface area contributed by atoms with Gasteiger partial charge in [0.15, 0.2) is 0 Å². The molecule has 0 spiro atoms. The Balaban J connectivity index is 2.77. The van der Waals surface area contributed by atoms with Crippen LogP contribution in [-0.4, -0.2) is 35.5 Å². The van der Waals surface area contributed by atoms with Crippen LogP contribution in [0.25, 0.3) is 0 Å². The Morgan fingerprint density at radius 3 is 2.64 bits per heavy atom. The van der Waals surface area contributed by atoms with Crippen molar-refractivity contribution in [1.82, 2.24) is 4.90 Å². The largest absolute Gasteiger partial charge is 0.368 e. The molecule has 1 heterocycles. The zero-order valence-electron chi connectivity index (χ0n) is 9.12. The first kappa shape index (κ1) is 11.5. The van der Waals surface area contributed by atoms with E-state index in [1.54, 1.807) is 0 Å². The number of likely N-dealkylation sites (tertiary alicyclic amines) is 1. The van der Waals surface area contributed by atoms with E-state index in [0.717, 1.165) is 25.8 Å². The fourth-order valence-electron chi connectivity index (χ4n) is 2.07. The fourth-order valence-corrected chi connectivity index (χ4v) is 2.07. The van der Waals surface area contributed by atoms with Gasteiger partial charge in [-0.05, 0) is 33.2 Å². The molecular formula is C10H21N3O. The number of amides is 1. The van der Waals surface area contributed by atoms with E-state index >= 15 is 0 Å². The number of nitrogens with zero attached hydrogens (tertiary/aromatic N) is 1. The van der Waals surface area contributed by atoms with Crippen LogP contribution in [0.1, 0.15) is 33.1 Å². The van der Waals surface area contributed by atoms with E-state index < -0.39 is 0 Å². The summed E-state index contributed by atoms with van der Waals surface area (Å²) in [5.74, 6) is -0.216. The molecule has 1 atom stereocenters. The molecule has 1 amide bonds. The van der Waals surface area contributed by atoms with Gasteiger partial charge in [0.2, 0.25) is 5.91 Å². The second-order valence-corrected chi connectivity index (χ2v) is 4.62. The van der Waals surface area contributed by atoms with Crippen LogP contribution in [0, 0.1) is 0 Å². The molecule has 4 heteroatoms. The smallest absolute Gasteiger partial charge is 0.234 e. The van der Waals surface area contributed by atoms with Gasteiger partial charge >= 0.3 is 0 Å². The molecule has 1 fully saturated rings. The number of piperidine rings is 1. The van der Waals surface area contributed by atoms with Crippen LogP contribution < -0.4 is 11.5 Å². The topological polar surface area (TPSA) is 72.3 Å². The lowest BCUT2D eigenvalue weighted by Gasteiger charge is -2.44. The maximum absolute atomic E-state index is 11.3. The Kier molecular flexibility index (Phi) is 3.50. The number of nitrogens with two attached hydrogens (primary N) is 2. The van der Waals surface area contributed by atoms with E-state index in [1.165, 1.54) is 0 Å². The fraction of sp³-hybridized carbons (Fsp3) is 0.900. The average molecular weight is 199 g/mol. The molecule has 1 rings (SSSR count). The monoisotopic (exact) mass is 199 g/mol. The van der Waals surface area contributed by atoms with Crippen molar-refractivity contribution in [3.63, 3.8) is 0 Å². The Hall–Kier alpha value is -0.610. The Labute approximate surface area is 85.6 Å². The van der Waals surface area contributed by atoms with Gasteiger partial charge in [0, 0.05) is 12.1 Å². The van der Waals surface area contributed by atoms with Crippen LogP contribution in [0.2, 0.25) is 0 Å². The zero-order chi connectivity index (χ0) is 10.8. The Morgan fingerprint density at radius 2 is 2.14 bits per heavy atom. The molecule has 0 aromatic carbocycles. The average Bonchev–Trinajstić information content (AvgIpc) is 2.18. The predicted octanol–water partition coefficient (Wildman–Crippen LogP) is 0.0635. The van der Waals surface area contributed by atoms with E-state index in [0.29, 0.717) is 6.54 Å².